The van der Waals surface area contributed by atoms with E-state index in [-0.39, 0.29) is 23.7 Å². The minimum absolute atomic E-state index is 0.106. The van der Waals surface area contributed by atoms with Gasteiger partial charge < -0.3 is 15.3 Å². The SMILES string of the molecule is CCC(C)C1C(=O)N[C@H](C2Cc3ccccc3C2)C(=O)N1[C@H](C(=O)O)c1ccc(C)nc1C. The van der Waals surface area contributed by atoms with Crippen molar-refractivity contribution in [2.45, 2.75) is 65.1 Å². The molecule has 2 heterocycles. The summed E-state index contributed by atoms with van der Waals surface area (Å²) in [6.45, 7) is 7.40. The highest BCUT2D eigenvalue weighted by molar-refractivity contribution is 5.99. The van der Waals surface area contributed by atoms with Crippen LogP contribution in [-0.4, -0.2) is 44.9 Å². The molecule has 2 unspecified atom stereocenters. The average molecular weight is 450 g/mol. The van der Waals surface area contributed by atoms with E-state index in [1.807, 2.05) is 45.0 Å². The van der Waals surface area contributed by atoms with Crippen molar-refractivity contribution < 1.29 is 19.5 Å². The van der Waals surface area contributed by atoms with Gasteiger partial charge in [0.15, 0.2) is 6.04 Å². The van der Waals surface area contributed by atoms with E-state index in [4.69, 9.17) is 0 Å². The summed E-state index contributed by atoms with van der Waals surface area (Å²) in [6, 6.07) is 8.61. The maximum absolute atomic E-state index is 14.0. The number of amides is 2. The minimum Gasteiger partial charge on any atom is -0.479 e. The molecule has 1 aliphatic carbocycles. The van der Waals surface area contributed by atoms with Crippen molar-refractivity contribution in [3.8, 4) is 0 Å². The zero-order chi connectivity index (χ0) is 23.9. The quantitative estimate of drug-likeness (QED) is 0.706. The third-order valence-electron chi connectivity index (χ3n) is 7.20. The molecule has 1 aromatic carbocycles. The standard InChI is InChI=1S/C26H31N3O4/c1-5-14(2)22-24(30)28-21(19-12-17-8-6-7-9-18(17)13-19)25(31)29(22)23(26(32)33)20-11-10-15(3)27-16(20)4/h6-11,14,19,21-23H,5,12-13H2,1-4H3,(H,28,30)(H,32,33)/t14?,21-,22?,23+/m1/s1. The number of carbonyl (C=O) groups is 3. The molecule has 0 bridgehead atoms. The predicted molar refractivity (Wildman–Crippen MR) is 123 cm³/mol. The molecule has 1 aromatic heterocycles. The Kier molecular flexibility index (Phi) is 6.23. The summed E-state index contributed by atoms with van der Waals surface area (Å²) in [5, 5.41) is 13.3. The Morgan fingerprint density at radius 1 is 1.15 bits per heavy atom. The fraction of sp³-hybridized carbons (Fsp3) is 0.462. The number of carbonyl (C=O) groups excluding carboxylic acids is 2. The topological polar surface area (TPSA) is 99.6 Å². The lowest BCUT2D eigenvalue weighted by Crippen LogP contribution is -2.68. The number of carboxylic acids is 1. The molecule has 7 heteroatoms. The van der Waals surface area contributed by atoms with E-state index < -0.39 is 24.1 Å². The fourth-order valence-electron chi connectivity index (χ4n) is 5.30. The number of nitrogens with zero attached hydrogens (tertiary/aromatic N) is 2. The van der Waals surface area contributed by atoms with Crippen molar-refractivity contribution in [2.24, 2.45) is 11.8 Å². The number of carboxylic acid groups (broad SMARTS) is 1. The second-order valence-electron chi connectivity index (χ2n) is 9.37. The van der Waals surface area contributed by atoms with Crippen LogP contribution >= 0.6 is 0 Å². The summed E-state index contributed by atoms with van der Waals surface area (Å²) in [7, 11) is 0. The number of pyridine rings is 1. The maximum Gasteiger partial charge on any atom is 0.331 e. The highest BCUT2D eigenvalue weighted by Crippen LogP contribution is 2.36. The summed E-state index contributed by atoms with van der Waals surface area (Å²) >= 11 is 0. The van der Waals surface area contributed by atoms with Gasteiger partial charge in [0, 0.05) is 17.0 Å². The fourth-order valence-corrected chi connectivity index (χ4v) is 5.30. The van der Waals surface area contributed by atoms with E-state index in [0.29, 0.717) is 30.5 Å². The Hall–Kier alpha value is -3.22. The van der Waals surface area contributed by atoms with Crippen molar-refractivity contribution in [2.75, 3.05) is 0 Å². The van der Waals surface area contributed by atoms with Gasteiger partial charge in [0.05, 0.1) is 0 Å². The smallest absolute Gasteiger partial charge is 0.331 e. The number of hydrogen-bond donors (Lipinski definition) is 2. The second-order valence-corrected chi connectivity index (χ2v) is 9.37. The van der Waals surface area contributed by atoms with Gasteiger partial charge in [0.25, 0.3) is 0 Å². The van der Waals surface area contributed by atoms with Crippen LogP contribution in [-0.2, 0) is 27.2 Å². The van der Waals surface area contributed by atoms with E-state index in [1.54, 1.807) is 19.1 Å². The molecule has 174 valence electrons. The van der Waals surface area contributed by atoms with Gasteiger partial charge in [-0.3, -0.25) is 14.6 Å². The lowest BCUT2D eigenvalue weighted by Gasteiger charge is -2.45. The van der Waals surface area contributed by atoms with Crippen molar-refractivity contribution >= 4 is 17.8 Å². The first-order valence-electron chi connectivity index (χ1n) is 11.6. The van der Waals surface area contributed by atoms with E-state index in [0.717, 1.165) is 5.69 Å². The first kappa shape index (κ1) is 23.0. The van der Waals surface area contributed by atoms with Crippen molar-refractivity contribution in [1.29, 1.82) is 0 Å². The molecule has 0 saturated carbocycles. The number of piperazine rings is 1. The number of aliphatic carboxylic acids is 1. The Labute approximate surface area is 194 Å². The van der Waals surface area contributed by atoms with Gasteiger partial charge >= 0.3 is 5.97 Å². The largest absolute Gasteiger partial charge is 0.479 e. The zero-order valence-electron chi connectivity index (χ0n) is 19.5. The van der Waals surface area contributed by atoms with Gasteiger partial charge in [-0.1, -0.05) is 50.6 Å². The van der Waals surface area contributed by atoms with E-state index in [9.17, 15) is 19.5 Å². The average Bonchev–Trinajstić information content (AvgIpc) is 3.20. The zero-order valence-corrected chi connectivity index (χ0v) is 19.5. The molecule has 4 rings (SSSR count). The third-order valence-corrected chi connectivity index (χ3v) is 7.20. The van der Waals surface area contributed by atoms with Crippen LogP contribution < -0.4 is 5.32 Å². The lowest BCUT2D eigenvalue weighted by atomic mass is 9.86. The molecule has 2 aromatic rings. The van der Waals surface area contributed by atoms with Crippen LogP contribution in [0.15, 0.2) is 36.4 Å². The third kappa shape index (κ3) is 4.12. The van der Waals surface area contributed by atoms with E-state index >= 15 is 0 Å². The first-order chi connectivity index (χ1) is 15.7. The number of benzene rings is 1. The maximum atomic E-state index is 14.0. The minimum atomic E-state index is -1.28. The van der Waals surface area contributed by atoms with Gasteiger partial charge in [0.2, 0.25) is 11.8 Å². The van der Waals surface area contributed by atoms with Crippen LogP contribution in [0.1, 0.15) is 54.4 Å². The van der Waals surface area contributed by atoms with Crippen molar-refractivity contribution in [3.63, 3.8) is 0 Å². The van der Waals surface area contributed by atoms with Gasteiger partial charge in [-0.05, 0) is 55.7 Å². The van der Waals surface area contributed by atoms with Crippen LogP contribution in [0, 0.1) is 25.7 Å². The highest BCUT2D eigenvalue weighted by atomic mass is 16.4. The normalized spacial score (nSPS) is 22.6. The number of aromatic nitrogens is 1. The Morgan fingerprint density at radius 3 is 2.33 bits per heavy atom. The van der Waals surface area contributed by atoms with Gasteiger partial charge in [-0.2, -0.15) is 0 Å². The molecule has 2 aliphatic rings. The highest BCUT2D eigenvalue weighted by Gasteiger charge is 2.51. The van der Waals surface area contributed by atoms with E-state index in [2.05, 4.69) is 10.3 Å². The molecular formula is C26H31N3O4. The summed E-state index contributed by atoms with van der Waals surface area (Å²) in [5.74, 6) is -2.07. The Bertz CT molecular complexity index is 1070. The van der Waals surface area contributed by atoms with Gasteiger partial charge in [0.1, 0.15) is 12.1 Å². The molecule has 4 atom stereocenters. The molecule has 2 N–H and O–H groups in total. The van der Waals surface area contributed by atoms with Crippen LogP contribution in [0.3, 0.4) is 0 Å². The Morgan fingerprint density at radius 2 is 1.79 bits per heavy atom. The van der Waals surface area contributed by atoms with Crippen LogP contribution in [0.25, 0.3) is 0 Å². The van der Waals surface area contributed by atoms with Crippen molar-refractivity contribution in [1.82, 2.24) is 15.2 Å². The molecule has 2 amide bonds. The lowest BCUT2D eigenvalue weighted by molar-refractivity contribution is -0.164. The Balaban J connectivity index is 1.76. The number of fused-ring (bicyclic) bond motifs is 1. The second kappa shape index (κ2) is 8.96. The summed E-state index contributed by atoms with van der Waals surface area (Å²) in [4.78, 5) is 45.7. The monoisotopic (exact) mass is 449 g/mol. The number of aryl methyl sites for hydroxylation is 2. The summed E-state index contributed by atoms with van der Waals surface area (Å²) < 4.78 is 0. The molecule has 1 fully saturated rings. The summed E-state index contributed by atoms with van der Waals surface area (Å²) in [6.07, 6.45) is 1.99. The van der Waals surface area contributed by atoms with E-state index in [1.165, 1.54) is 16.0 Å². The van der Waals surface area contributed by atoms with Crippen LogP contribution in [0.4, 0.5) is 0 Å². The van der Waals surface area contributed by atoms with Crippen molar-refractivity contribution in [3.05, 3.63) is 64.5 Å². The molecule has 7 nitrogen and oxygen atoms in total. The molecule has 0 spiro atoms. The molecule has 0 radical (unpaired) electrons. The van der Waals surface area contributed by atoms with Crippen LogP contribution in [0.5, 0.6) is 0 Å². The number of rotatable bonds is 6. The molecule has 1 aliphatic heterocycles. The molecule has 1 saturated heterocycles. The number of nitrogens with one attached hydrogen (secondary N) is 1. The predicted octanol–water partition coefficient (Wildman–Crippen LogP) is 2.98. The molecular weight excluding hydrogens is 418 g/mol. The summed E-state index contributed by atoms with van der Waals surface area (Å²) in [5.41, 5.74) is 4.11. The van der Waals surface area contributed by atoms with Gasteiger partial charge in [-0.15, -0.1) is 0 Å². The first-order valence-corrected chi connectivity index (χ1v) is 11.6. The van der Waals surface area contributed by atoms with Crippen LogP contribution in [0.2, 0.25) is 0 Å². The number of hydrogen-bond acceptors (Lipinski definition) is 4. The molecule has 33 heavy (non-hydrogen) atoms. The van der Waals surface area contributed by atoms with Gasteiger partial charge in [-0.25, -0.2) is 4.79 Å².